The molecule has 3 aromatic rings. The van der Waals surface area contributed by atoms with Gasteiger partial charge in [-0.2, -0.15) is 0 Å². The lowest BCUT2D eigenvalue weighted by Gasteiger charge is -2.04. The van der Waals surface area contributed by atoms with Gasteiger partial charge in [0.05, 0.1) is 6.26 Å². The quantitative estimate of drug-likeness (QED) is 0.768. The Balaban J connectivity index is 1.69. The predicted molar refractivity (Wildman–Crippen MR) is 82.6 cm³/mol. The molecule has 1 amide bonds. The van der Waals surface area contributed by atoms with Crippen molar-refractivity contribution in [1.82, 2.24) is 5.16 Å². The molecule has 0 saturated carbocycles. The van der Waals surface area contributed by atoms with E-state index in [4.69, 9.17) is 8.94 Å². The molecule has 0 unspecified atom stereocenters. The summed E-state index contributed by atoms with van der Waals surface area (Å²) in [5.41, 5.74) is 2.19. The van der Waals surface area contributed by atoms with Crippen LogP contribution in [0.15, 0.2) is 57.7 Å². The van der Waals surface area contributed by atoms with Crippen LogP contribution in [-0.4, -0.2) is 11.1 Å². The second kappa shape index (κ2) is 6.30. The van der Waals surface area contributed by atoms with Crippen molar-refractivity contribution in [3.63, 3.8) is 0 Å². The second-order valence-electron chi connectivity index (χ2n) is 4.95. The number of carbonyl (C=O) groups excluding carboxylic acids is 1. The smallest absolute Gasteiger partial charge is 0.277 e. The molecule has 1 aromatic carbocycles. The molecule has 1 N–H and O–H groups in total. The topological polar surface area (TPSA) is 68.3 Å². The number of amides is 1. The molecule has 5 nitrogen and oxygen atoms in total. The average Bonchev–Trinajstić information content (AvgIpc) is 3.20. The van der Waals surface area contributed by atoms with Crippen LogP contribution < -0.4 is 5.32 Å². The summed E-state index contributed by atoms with van der Waals surface area (Å²) < 4.78 is 10.3. The molecule has 0 bridgehead atoms. The van der Waals surface area contributed by atoms with Crippen molar-refractivity contribution in [3.05, 3.63) is 60.0 Å². The highest BCUT2D eigenvalue weighted by molar-refractivity contribution is 6.03. The number of rotatable bonds is 5. The van der Waals surface area contributed by atoms with Gasteiger partial charge < -0.3 is 14.3 Å². The fraction of sp³-hybridized carbons (Fsp3) is 0.176. The monoisotopic (exact) mass is 296 g/mol. The highest BCUT2D eigenvalue weighted by Crippen LogP contribution is 2.21. The molecule has 3 rings (SSSR count). The van der Waals surface area contributed by atoms with Crippen LogP contribution in [0.1, 0.15) is 29.4 Å². The Bertz CT molecular complexity index is 743. The normalized spacial score (nSPS) is 10.6. The van der Waals surface area contributed by atoms with Crippen molar-refractivity contribution >= 4 is 11.6 Å². The van der Waals surface area contributed by atoms with E-state index < -0.39 is 0 Å². The molecule has 0 atom stereocenters. The molecule has 112 valence electrons. The maximum atomic E-state index is 12.1. The van der Waals surface area contributed by atoms with Crippen LogP contribution in [0.2, 0.25) is 0 Å². The summed E-state index contributed by atoms with van der Waals surface area (Å²) in [6.45, 7) is 2.14. The van der Waals surface area contributed by atoms with E-state index in [0.29, 0.717) is 11.5 Å². The third kappa shape index (κ3) is 3.09. The first-order valence-corrected chi connectivity index (χ1v) is 7.17. The van der Waals surface area contributed by atoms with Gasteiger partial charge in [-0.15, -0.1) is 0 Å². The number of anilines is 1. The van der Waals surface area contributed by atoms with E-state index in [2.05, 4.69) is 17.4 Å². The third-order valence-electron chi connectivity index (χ3n) is 3.26. The highest BCUT2D eigenvalue weighted by atomic mass is 16.5. The summed E-state index contributed by atoms with van der Waals surface area (Å²) in [5, 5.41) is 6.56. The van der Waals surface area contributed by atoms with E-state index in [1.165, 1.54) is 11.8 Å². The molecule has 0 spiro atoms. The van der Waals surface area contributed by atoms with Crippen molar-refractivity contribution in [1.29, 1.82) is 0 Å². The Morgan fingerprint density at radius 2 is 2.00 bits per heavy atom. The molecule has 22 heavy (non-hydrogen) atoms. The highest BCUT2D eigenvalue weighted by Gasteiger charge is 2.15. The van der Waals surface area contributed by atoms with Gasteiger partial charge in [0, 0.05) is 11.8 Å². The van der Waals surface area contributed by atoms with E-state index >= 15 is 0 Å². The van der Waals surface area contributed by atoms with Crippen molar-refractivity contribution in [2.24, 2.45) is 0 Å². The SMILES string of the molecule is CCCc1ccc(NC(=O)c2cc(-c3ccco3)on2)cc1. The van der Waals surface area contributed by atoms with Gasteiger partial charge in [-0.25, -0.2) is 0 Å². The van der Waals surface area contributed by atoms with Crippen molar-refractivity contribution in [2.45, 2.75) is 19.8 Å². The van der Waals surface area contributed by atoms with E-state index in [1.54, 1.807) is 18.2 Å². The van der Waals surface area contributed by atoms with Crippen LogP contribution in [0.5, 0.6) is 0 Å². The number of carbonyl (C=O) groups is 1. The van der Waals surface area contributed by atoms with Gasteiger partial charge in [0.2, 0.25) is 5.76 Å². The number of nitrogens with one attached hydrogen (secondary N) is 1. The Labute approximate surface area is 127 Å². The zero-order valence-corrected chi connectivity index (χ0v) is 12.2. The number of aryl methyl sites for hydroxylation is 1. The first-order valence-electron chi connectivity index (χ1n) is 7.17. The van der Waals surface area contributed by atoms with Gasteiger partial charge in [-0.3, -0.25) is 4.79 Å². The zero-order chi connectivity index (χ0) is 15.4. The first kappa shape index (κ1) is 14.1. The molecular weight excluding hydrogens is 280 g/mol. The largest absolute Gasteiger partial charge is 0.461 e. The minimum absolute atomic E-state index is 0.212. The summed E-state index contributed by atoms with van der Waals surface area (Å²) in [7, 11) is 0. The Kier molecular flexibility index (Phi) is 4.05. The number of hydrogen-bond acceptors (Lipinski definition) is 4. The number of hydrogen-bond donors (Lipinski definition) is 1. The average molecular weight is 296 g/mol. The molecule has 0 aliphatic carbocycles. The summed E-state index contributed by atoms with van der Waals surface area (Å²) in [5.74, 6) is 0.647. The van der Waals surface area contributed by atoms with E-state index in [9.17, 15) is 4.79 Å². The number of nitrogens with zero attached hydrogens (tertiary/aromatic N) is 1. The lowest BCUT2D eigenvalue weighted by molar-refractivity contribution is 0.101. The van der Waals surface area contributed by atoms with E-state index in [0.717, 1.165) is 18.5 Å². The summed E-state index contributed by atoms with van der Waals surface area (Å²) in [6.07, 6.45) is 3.67. The van der Waals surface area contributed by atoms with Crippen molar-refractivity contribution in [3.8, 4) is 11.5 Å². The lowest BCUT2D eigenvalue weighted by Crippen LogP contribution is -2.12. The Morgan fingerprint density at radius 3 is 2.68 bits per heavy atom. The summed E-state index contributed by atoms with van der Waals surface area (Å²) in [4.78, 5) is 12.1. The maximum Gasteiger partial charge on any atom is 0.277 e. The molecular formula is C17H16N2O3. The Morgan fingerprint density at radius 1 is 1.18 bits per heavy atom. The lowest BCUT2D eigenvalue weighted by atomic mass is 10.1. The summed E-state index contributed by atoms with van der Waals surface area (Å²) in [6, 6.07) is 12.8. The van der Waals surface area contributed by atoms with E-state index in [1.807, 2.05) is 24.3 Å². The molecule has 0 aliphatic rings. The van der Waals surface area contributed by atoms with Crippen LogP contribution in [-0.2, 0) is 6.42 Å². The van der Waals surface area contributed by atoms with Crippen LogP contribution in [0, 0.1) is 0 Å². The standard InChI is InChI=1S/C17H16N2O3/c1-2-4-12-6-8-13(9-7-12)18-17(20)14-11-16(22-19-14)15-5-3-10-21-15/h3,5-11H,2,4H2,1H3,(H,18,20). The molecule has 5 heteroatoms. The fourth-order valence-electron chi connectivity index (χ4n) is 2.16. The van der Waals surface area contributed by atoms with Crippen LogP contribution in [0.4, 0.5) is 5.69 Å². The number of benzene rings is 1. The maximum absolute atomic E-state index is 12.1. The van der Waals surface area contributed by atoms with Gasteiger partial charge in [-0.1, -0.05) is 30.6 Å². The van der Waals surface area contributed by atoms with Gasteiger partial charge in [0.1, 0.15) is 0 Å². The molecule has 0 fully saturated rings. The predicted octanol–water partition coefficient (Wildman–Crippen LogP) is 4.14. The molecule has 2 heterocycles. The van der Waals surface area contributed by atoms with Crippen LogP contribution in [0.3, 0.4) is 0 Å². The number of aromatic nitrogens is 1. The molecule has 0 saturated heterocycles. The molecule has 0 radical (unpaired) electrons. The second-order valence-corrected chi connectivity index (χ2v) is 4.95. The molecule has 0 aliphatic heterocycles. The number of furan rings is 1. The van der Waals surface area contributed by atoms with Crippen LogP contribution in [0.25, 0.3) is 11.5 Å². The first-order chi connectivity index (χ1) is 10.8. The minimum Gasteiger partial charge on any atom is -0.461 e. The van der Waals surface area contributed by atoms with Gasteiger partial charge in [0.25, 0.3) is 5.91 Å². The van der Waals surface area contributed by atoms with Crippen molar-refractivity contribution < 1.29 is 13.7 Å². The van der Waals surface area contributed by atoms with Crippen molar-refractivity contribution in [2.75, 3.05) is 5.32 Å². The van der Waals surface area contributed by atoms with Gasteiger partial charge in [-0.05, 0) is 36.2 Å². The fourth-order valence-corrected chi connectivity index (χ4v) is 2.16. The minimum atomic E-state index is -0.315. The van der Waals surface area contributed by atoms with Crippen LogP contribution >= 0.6 is 0 Å². The van der Waals surface area contributed by atoms with E-state index in [-0.39, 0.29) is 11.6 Å². The summed E-state index contributed by atoms with van der Waals surface area (Å²) >= 11 is 0. The third-order valence-corrected chi connectivity index (χ3v) is 3.26. The van der Waals surface area contributed by atoms with Gasteiger partial charge in [0.15, 0.2) is 11.5 Å². The van der Waals surface area contributed by atoms with Gasteiger partial charge >= 0.3 is 0 Å². The Hall–Kier alpha value is -2.82. The zero-order valence-electron chi connectivity index (χ0n) is 12.2. The molecule has 2 aromatic heterocycles.